The minimum absolute atomic E-state index is 0.231. The number of para-hydroxylation sites is 1. The summed E-state index contributed by atoms with van der Waals surface area (Å²) in [6.45, 7) is 5.97. The van der Waals surface area contributed by atoms with E-state index in [0.717, 1.165) is 54.4 Å². The van der Waals surface area contributed by atoms with Gasteiger partial charge in [0.15, 0.2) is 0 Å². The van der Waals surface area contributed by atoms with Crippen molar-refractivity contribution >= 4 is 23.2 Å². The molecule has 0 aliphatic carbocycles. The Balaban J connectivity index is 1.33. The normalized spacial score (nSPS) is 12.4. The number of fused-ring (bicyclic) bond motifs is 1. The molecule has 2 unspecified atom stereocenters. The Hall–Kier alpha value is -5.26. The lowest BCUT2D eigenvalue weighted by Gasteiger charge is -2.19. The van der Waals surface area contributed by atoms with Crippen molar-refractivity contribution in [2.24, 2.45) is 0 Å². The molecule has 240 valence electrons. The first-order chi connectivity index (χ1) is 22.4. The van der Waals surface area contributed by atoms with Crippen molar-refractivity contribution in [1.29, 1.82) is 0 Å². The van der Waals surface area contributed by atoms with E-state index >= 15 is 0 Å². The summed E-state index contributed by atoms with van der Waals surface area (Å²) < 4.78 is 23.7. The summed E-state index contributed by atoms with van der Waals surface area (Å²) in [5.74, 6) is -0.155. The molecule has 5 aromatic rings. The van der Waals surface area contributed by atoms with E-state index in [1.165, 1.54) is 14.0 Å². The number of nitrogens with one attached hydrogen (secondary N) is 1. The lowest BCUT2D eigenvalue weighted by molar-refractivity contribution is -0.0903. The number of unbranched alkanes of at least 4 members (excludes halogenated alkanes) is 1. The van der Waals surface area contributed by atoms with Crippen LogP contribution in [0, 0.1) is 0 Å². The Morgan fingerprint density at radius 2 is 1.67 bits per heavy atom. The maximum absolute atomic E-state index is 13.4. The second-order valence-electron chi connectivity index (χ2n) is 10.8. The fourth-order valence-corrected chi connectivity index (χ4v) is 5.36. The number of aromatic nitrogens is 6. The minimum Gasteiger partial charge on any atom is -0.468 e. The second kappa shape index (κ2) is 15.2. The highest BCUT2D eigenvalue weighted by atomic mass is 16.8. The molecule has 2 atom stereocenters. The lowest BCUT2D eigenvalue weighted by Crippen LogP contribution is -2.26. The molecule has 0 fully saturated rings. The predicted molar refractivity (Wildman–Crippen MR) is 171 cm³/mol. The molecule has 0 saturated carbocycles. The molecule has 2 aromatic heterocycles. The minimum atomic E-state index is -1.16. The van der Waals surface area contributed by atoms with Crippen molar-refractivity contribution in [2.45, 2.75) is 71.8 Å². The van der Waals surface area contributed by atoms with Gasteiger partial charge in [-0.3, -0.25) is 4.57 Å². The summed E-state index contributed by atoms with van der Waals surface area (Å²) in [6, 6.07) is 21.4. The van der Waals surface area contributed by atoms with Crippen LogP contribution in [0.1, 0.15) is 68.8 Å². The largest absolute Gasteiger partial charge is 0.511 e. The maximum atomic E-state index is 13.4. The van der Waals surface area contributed by atoms with Gasteiger partial charge in [-0.15, -0.1) is 10.2 Å². The lowest BCUT2D eigenvalue weighted by atomic mass is 9.98. The van der Waals surface area contributed by atoms with Gasteiger partial charge in [0.05, 0.1) is 30.3 Å². The number of carbonyl (C=O) groups is 2. The predicted octanol–water partition coefficient (Wildman–Crippen LogP) is 6.96. The molecule has 0 saturated heterocycles. The smallest absolute Gasteiger partial charge is 0.468 e. The number of hydrogen-bond donors (Lipinski definition) is 1. The van der Waals surface area contributed by atoms with Gasteiger partial charge in [0.2, 0.25) is 12.1 Å². The molecule has 0 radical (unpaired) electrons. The van der Waals surface area contributed by atoms with Gasteiger partial charge >= 0.3 is 12.1 Å². The van der Waals surface area contributed by atoms with Crippen LogP contribution in [0.2, 0.25) is 0 Å². The molecular formula is C34H38N6O6. The number of imidazole rings is 1. The third-order valence-electron chi connectivity index (χ3n) is 7.54. The van der Waals surface area contributed by atoms with Gasteiger partial charge in [-0.05, 0) is 46.9 Å². The van der Waals surface area contributed by atoms with Crippen LogP contribution >= 0.6 is 0 Å². The molecule has 12 heteroatoms. The standard InChI is InChI=1S/C34H38N6O6/c1-5-7-12-25(11-6-2)46-34(42)45-22(3)44-32(41)28-15-10-16-29-30(28)40(33(35-29)43-4)21-23-17-19-24(20-18-23)26-13-8-9-14-27(26)31-36-38-39-37-31/h8-10,13-20,22,25H,5-7,11-12,21H2,1-4H3,(H,36,37,38,39). The van der Waals surface area contributed by atoms with Crippen LogP contribution in [0.15, 0.2) is 66.7 Å². The SMILES string of the molecule is CCCCC(CCC)OC(=O)OC(C)OC(=O)c1cccc2nc(OC)n(Cc3ccc(-c4ccccc4-c4nn[nH]n4)cc3)c12. The van der Waals surface area contributed by atoms with Crippen LogP contribution in [0.25, 0.3) is 33.5 Å². The number of rotatable bonds is 14. The van der Waals surface area contributed by atoms with E-state index in [2.05, 4.69) is 32.5 Å². The molecule has 0 aliphatic heterocycles. The second-order valence-corrected chi connectivity index (χ2v) is 10.8. The molecule has 3 aromatic carbocycles. The Morgan fingerprint density at radius 3 is 2.37 bits per heavy atom. The van der Waals surface area contributed by atoms with E-state index in [0.29, 0.717) is 29.4 Å². The topological polar surface area (TPSA) is 143 Å². The summed E-state index contributed by atoms with van der Waals surface area (Å²) >= 11 is 0. The fourth-order valence-electron chi connectivity index (χ4n) is 5.36. The fraction of sp³-hybridized carbons (Fsp3) is 0.353. The first-order valence-corrected chi connectivity index (χ1v) is 15.4. The third-order valence-corrected chi connectivity index (χ3v) is 7.54. The van der Waals surface area contributed by atoms with Crippen molar-refractivity contribution in [2.75, 3.05) is 7.11 Å². The Labute approximate surface area is 267 Å². The first kappa shape index (κ1) is 32.1. The van der Waals surface area contributed by atoms with Crippen molar-refractivity contribution < 1.29 is 28.5 Å². The molecule has 2 heterocycles. The Morgan fingerprint density at radius 1 is 0.891 bits per heavy atom. The highest BCUT2D eigenvalue weighted by molar-refractivity contribution is 6.02. The zero-order valence-corrected chi connectivity index (χ0v) is 26.4. The quantitative estimate of drug-likeness (QED) is 0.101. The number of esters is 1. The van der Waals surface area contributed by atoms with Crippen LogP contribution in [-0.4, -0.2) is 61.8 Å². The van der Waals surface area contributed by atoms with Crippen molar-refractivity contribution in [3.63, 3.8) is 0 Å². The number of benzene rings is 3. The average molecular weight is 627 g/mol. The number of hydrogen-bond acceptors (Lipinski definition) is 10. The van der Waals surface area contributed by atoms with Gasteiger partial charge in [-0.2, -0.15) is 10.2 Å². The zero-order chi connectivity index (χ0) is 32.5. The van der Waals surface area contributed by atoms with Crippen molar-refractivity contribution in [1.82, 2.24) is 30.2 Å². The molecule has 0 aliphatic rings. The number of methoxy groups -OCH3 is 1. The van der Waals surface area contributed by atoms with Gasteiger partial charge in [0, 0.05) is 12.5 Å². The first-order valence-electron chi connectivity index (χ1n) is 15.4. The highest BCUT2D eigenvalue weighted by Gasteiger charge is 2.24. The number of carbonyl (C=O) groups excluding carboxylic acids is 2. The molecule has 0 spiro atoms. The number of aromatic amines is 1. The molecule has 0 bridgehead atoms. The molecule has 12 nitrogen and oxygen atoms in total. The molecule has 5 rings (SSSR count). The molecule has 46 heavy (non-hydrogen) atoms. The number of H-pyrrole nitrogens is 1. The Bertz CT molecular complexity index is 1750. The van der Waals surface area contributed by atoms with Gasteiger partial charge in [0.1, 0.15) is 6.10 Å². The molecule has 0 amide bonds. The van der Waals surface area contributed by atoms with Crippen LogP contribution < -0.4 is 4.74 Å². The van der Waals surface area contributed by atoms with E-state index in [9.17, 15) is 9.59 Å². The van der Waals surface area contributed by atoms with Gasteiger partial charge in [-0.1, -0.05) is 87.7 Å². The average Bonchev–Trinajstić information content (AvgIpc) is 3.72. The van der Waals surface area contributed by atoms with Gasteiger partial charge in [-0.25, -0.2) is 9.59 Å². The number of nitrogens with zero attached hydrogens (tertiary/aromatic N) is 5. The molecule has 1 N–H and O–H groups in total. The van der Waals surface area contributed by atoms with Crippen LogP contribution in [0.4, 0.5) is 4.79 Å². The summed E-state index contributed by atoms with van der Waals surface area (Å²) in [5.41, 5.74) is 5.11. The number of tetrazole rings is 1. The van der Waals surface area contributed by atoms with Crippen LogP contribution in [-0.2, 0) is 20.8 Å². The molecular weight excluding hydrogens is 588 g/mol. The van der Waals surface area contributed by atoms with Crippen LogP contribution in [0.3, 0.4) is 0 Å². The van der Waals surface area contributed by atoms with Crippen molar-refractivity contribution in [3.05, 3.63) is 77.9 Å². The monoisotopic (exact) mass is 626 g/mol. The zero-order valence-electron chi connectivity index (χ0n) is 26.4. The Kier molecular flexibility index (Phi) is 10.6. The summed E-state index contributed by atoms with van der Waals surface area (Å²) in [7, 11) is 1.53. The van der Waals surface area contributed by atoms with Crippen LogP contribution in [0.5, 0.6) is 6.01 Å². The summed E-state index contributed by atoms with van der Waals surface area (Å²) in [5, 5.41) is 14.4. The van der Waals surface area contributed by atoms with E-state index in [-0.39, 0.29) is 11.7 Å². The third kappa shape index (κ3) is 7.51. The van der Waals surface area contributed by atoms with E-state index < -0.39 is 18.4 Å². The van der Waals surface area contributed by atoms with E-state index in [1.54, 1.807) is 18.2 Å². The van der Waals surface area contributed by atoms with Crippen molar-refractivity contribution in [3.8, 4) is 28.5 Å². The van der Waals surface area contributed by atoms with E-state index in [1.807, 2.05) is 60.0 Å². The van der Waals surface area contributed by atoms with Gasteiger partial charge in [0.25, 0.3) is 6.01 Å². The highest BCUT2D eigenvalue weighted by Crippen LogP contribution is 2.31. The number of ether oxygens (including phenoxy) is 4. The summed E-state index contributed by atoms with van der Waals surface area (Å²) in [6.07, 6.45) is 2.08. The summed E-state index contributed by atoms with van der Waals surface area (Å²) in [4.78, 5) is 30.4. The van der Waals surface area contributed by atoms with Gasteiger partial charge < -0.3 is 18.9 Å². The maximum Gasteiger partial charge on any atom is 0.511 e. The van der Waals surface area contributed by atoms with E-state index in [4.69, 9.17) is 18.9 Å².